The number of carbonyl (C=O) groups excluding carboxylic acids is 1. The van der Waals surface area contributed by atoms with Crippen LogP contribution in [0.2, 0.25) is 0 Å². The maximum Gasteiger partial charge on any atom is 0.377 e. The van der Waals surface area contributed by atoms with Gasteiger partial charge in [-0.2, -0.15) is 0 Å². The third-order valence-electron chi connectivity index (χ3n) is 3.28. The van der Waals surface area contributed by atoms with Gasteiger partial charge in [0, 0.05) is 0 Å². The molecule has 1 aliphatic rings. The summed E-state index contributed by atoms with van der Waals surface area (Å²) in [4.78, 5) is 22.5. The van der Waals surface area contributed by atoms with E-state index in [1.165, 1.54) is 0 Å². The summed E-state index contributed by atoms with van der Waals surface area (Å²) in [6, 6.07) is -1.31. The van der Waals surface area contributed by atoms with Crippen LogP contribution in [0.3, 0.4) is 0 Å². The zero-order valence-corrected chi connectivity index (χ0v) is 11.4. The van der Waals surface area contributed by atoms with E-state index in [1.54, 1.807) is 0 Å². The number of esters is 1. The number of nitrogens with two attached hydrogens (primary N) is 1. The molecule has 0 amide bonds. The van der Waals surface area contributed by atoms with E-state index in [0.29, 0.717) is 0 Å². The van der Waals surface area contributed by atoms with Crippen LogP contribution >= 0.6 is 0 Å². The fraction of sp³-hybridized carbons (Fsp3) is 0.818. The molecule has 0 bridgehead atoms. The predicted octanol–water partition coefficient (Wildman–Crippen LogP) is -4.51. The summed E-state index contributed by atoms with van der Waals surface area (Å²) in [5.41, 5.74) is 5.59. The van der Waals surface area contributed by atoms with Crippen molar-refractivity contribution in [2.45, 2.75) is 42.7 Å². The highest BCUT2D eigenvalue weighted by Crippen LogP contribution is 2.32. The first-order valence-electron chi connectivity index (χ1n) is 6.33. The first kappa shape index (κ1) is 18.7. The zero-order chi connectivity index (χ0) is 17.1. The van der Waals surface area contributed by atoms with Gasteiger partial charge in [-0.15, -0.1) is 0 Å². The molecule has 6 atom stereocenters. The molecule has 11 heteroatoms. The average Bonchev–Trinajstić information content (AvgIpc) is 2.48. The number of aliphatic hydroxyl groups excluding tert-OH is 5. The lowest BCUT2D eigenvalue weighted by atomic mass is 9.89. The molecular formula is C11H19NO10. The number of hydrogen-bond donors (Lipinski definition) is 7. The lowest BCUT2D eigenvalue weighted by molar-refractivity contribution is -0.299. The fourth-order valence-corrected chi connectivity index (χ4v) is 2.06. The minimum absolute atomic E-state index is 0.742. The van der Waals surface area contributed by atoms with E-state index in [4.69, 9.17) is 20.7 Å². The first-order chi connectivity index (χ1) is 10.2. The number of aliphatic hydroxyl groups is 5. The highest BCUT2D eigenvalue weighted by atomic mass is 16.7. The van der Waals surface area contributed by atoms with Crippen molar-refractivity contribution in [3.63, 3.8) is 0 Å². The third-order valence-corrected chi connectivity index (χ3v) is 3.28. The van der Waals surface area contributed by atoms with Gasteiger partial charge in [0.25, 0.3) is 0 Å². The Kier molecular flexibility index (Phi) is 6.19. The zero-order valence-electron chi connectivity index (χ0n) is 11.4. The van der Waals surface area contributed by atoms with E-state index in [0.717, 1.165) is 0 Å². The van der Waals surface area contributed by atoms with Gasteiger partial charge in [0.1, 0.15) is 24.9 Å². The summed E-state index contributed by atoms with van der Waals surface area (Å²) >= 11 is 0. The minimum Gasteiger partial charge on any atom is -0.476 e. The smallest absolute Gasteiger partial charge is 0.377 e. The maximum absolute atomic E-state index is 11.4. The molecule has 0 unspecified atom stereocenters. The summed E-state index contributed by atoms with van der Waals surface area (Å²) in [7, 11) is 0. The van der Waals surface area contributed by atoms with Gasteiger partial charge >= 0.3 is 17.7 Å². The van der Waals surface area contributed by atoms with Crippen molar-refractivity contribution in [3.8, 4) is 0 Å². The van der Waals surface area contributed by atoms with Crippen LogP contribution < -0.4 is 5.73 Å². The fourth-order valence-electron chi connectivity index (χ4n) is 2.06. The van der Waals surface area contributed by atoms with E-state index >= 15 is 0 Å². The van der Waals surface area contributed by atoms with Crippen LogP contribution in [0.1, 0.15) is 6.42 Å². The van der Waals surface area contributed by atoms with E-state index in [9.17, 15) is 30.0 Å². The molecule has 1 fully saturated rings. The summed E-state index contributed by atoms with van der Waals surface area (Å²) in [6.07, 6.45) is -7.51. The molecule has 1 heterocycles. The molecule has 1 rings (SSSR count). The van der Waals surface area contributed by atoms with Gasteiger partial charge in [0.05, 0.1) is 25.2 Å². The quantitative estimate of drug-likeness (QED) is 0.232. The van der Waals surface area contributed by atoms with E-state index in [1.807, 2.05) is 0 Å². The standard InChI is InChI=1S/C11H19NO10/c12-7-4(15)1-11(10(19)20,21-6(17)3-14)22-9(7)8(18)5(16)2-13/h4-5,7-9,13-16,18H,1-3,12H2,(H,19,20)/t4-,5+,7+,8+,9+,11-/m0/s1. The highest BCUT2D eigenvalue weighted by molar-refractivity contribution is 5.81. The second kappa shape index (κ2) is 7.28. The molecule has 0 spiro atoms. The Bertz CT molecular complexity index is 418. The van der Waals surface area contributed by atoms with Crippen LogP contribution in [0.5, 0.6) is 0 Å². The highest BCUT2D eigenvalue weighted by Gasteiger charge is 2.56. The molecular weight excluding hydrogens is 306 g/mol. The minimum atomic E-state index is -2.68. The van der Waals surface area contributed by atoms with Crippen molar-refractivity contribution in [3.05, 3.63) is 0 Å². The van der Waals surface area contributed by atoms with Gasteiger partial charge in [-0.3, -0.25) is 0 Å². The number of ether oxygens (including phenoxy) is 2. The van der Waals surface area contributed by atoms with Crippen molar-refractivity contribution in [1.82, 2.24) is 0 Å². The number of aliphatic carboxylic acids is 1. The Morgan fingerprint density at radius 1 is 1.36 bits per heavy atom. The number of carbonyl (C=O) groups is 2. The Hall–Kier alpha value is -1.34. The number of carboxylic acids is 1. The van der Waals surface area contributed by atoms with Crippen LogP contribution in [0.25, 0.3) is 0 Å². The van der Waals surface area contributed by atoms with Crippen LogP contribution in [-0.2, 0) is 19.1 Å². The van der Waals surface area contributed by atoms with Crippen molar-refractivity contribution >= 4 is 11.9 Å². The topological polar surface area (TPSA) is 200 Å². The van der Waals surface area contributed by atoms with Crippen molar-refractivity contribution in [2.75, 3.05) is 13.2 Å². The summed E-state index contributed by atoms with van der Waals surface area (Å²) in [6.45, 7) is -2.01. The van der Waals surface area contributed by atoms with Gasteiger partial charge in [-0.05, 0) is 0 Å². The van der Waals surface area contributed by atoms with E-state index < -0.39 is 67.8 Å². The normalized spacial score (nSPS) is 34.7. The first-order valence-corrected chi connectivity index (χ1v) is 6.33. The molecule has 0 aromatic carbocycles. The van der Waals surface area contributed by atoms with E-state index in [-0.39, 0.29) is 0 Å². The molecule has 128 valence electrons. The molecule has 22 heavy (non-hydrogen) atoms. The van der Waals surface area contributed by atoms with Crippen LogP contribution in [0, 0.1) is 0 Å². The van der Waals surface area contributed by atoms with Crippen LogP contribution in [-0.4, -0.2) is 92.0 Å². The number of carboxylic acid groups (broad SMARTS) is 1. The second-order valence-electron chi connectivity index (χ2n) is 4.86. The largest absolute Gasteiger partial charge is 0.476 e. The Labute approximate surface area is 124 Å². The SMILES string of the molecule is N[C@H]1[C@H]([C@H](O)[C@H](O)CO)O[C@](OC(=O)CO)(C(=O)O)C[C@@H]1O. The molecule has 0 radical (unpaired) electrons. The van der Waals surface area contributed by atoms with E-state index in [2.05, 4.69) is 4.74 Å². The Balaban J connectivity index is 3.10. The van der Waals surface area contributed by atoms with Crippen molar-refractivity contribution in [1.29, 1.82) is 0 Å². The molecule has 11 nitrogen and oxygen atoms in total. The molecule has 1 saturated heterocycles. The lowest BCUT2D eigenvalue weighted by Gasteiger charge is -2.44. The predicted molar refractivity (Wildman–Crippen MR) is 66.1 cm³/mol. The molecule has 0 aromatic heterocycles. The molecule has 0 aromatic rings. The van der Waals surface area contributed by atoms with Gasteiger partial charge in [-0.1, -0.05) is 0 Å². The van der Waals surface area contributed by atoms with Gasteiger partial charge in [0.15, 0.2) is 0 Å². The summed E-state index contributed by atoms with van der Waals surface area (Å²) in [5.74, 6) is -5.81. The Morgan fingerprint density at radius 3 is 2.41 bits per heavy atom. The third kappa shape index (κ3) is 3.70. The number of hydrogen-bond acceptors (Lipinski definition) is 10. The molecule has 0 saturated carbocycles. The summed E-state index contributed by atoms with van der Waals surface area (Å²) in [5, 5.41) is 55.7. The lowest BCUT2D eigenvalue weighted by Crippen LogP contribution is -2.66. The molecule has 0 aliphatic carbocycles. The Morgan fingerprint density at radius 2 is 1.95 bits per heavy atom. The van der Waals surface area contributed by atoms with Crippen molar-refractivity contribution in [2.24, 2.45) is 5.73 Å². The van der Waals surface area contributed by atoms with Gasteiger partial charge < -0.3 is 45.8 Å². The molecule has 8 N–H and O–H groups in total. The van der Waals surface area contributed by atoms with Crippen LogP contribution in [0.15, 0.2) is 0 Å². The maximum atomic E-state index is 11.4. The molecule has 1 aliphatic heterocycles. The van der Waals surface area contributed by atoms with Crippen LogP contribution in [0.4, 0.5) is 0 Å². The average molecular weight is 325 g/mol. The van der Waals surface area contributed by atoms with Gasteiger partial charge in [0.2, 0.25) is 0 Å². The summed E-state index contributed by atoms with van der Waals surface area (Å²) < 4.78 is 9.54. The number of rotatable bonds is 6. The van der Waals surface area contributed by atoms with Crippen molar-refractivity contribution < 1.29 is 49.7 Å². The van der Waals surface area contributed by atoms with Gasteiger partial charge in [-0.25, -0.2) is 9.59 Å². The monoisotopic (exact) mass is 325 g/mol. The second-order valence-corrected chi connectivity index (χ2v) is 4.86.